The Labute approximate surface area is 161 Å². The Kier molecular flexibility index (Phi) is 4.72. The molecule has 3 rings (SSSR count). The van der Waals surface area contributed by atoms with Gasteiger partial charge in [-0.25, -0.2) is 0 Å². The molecule has 0 radical (unpaired) electrons. The molecule has 0 spiro atoms. The molecule has 3 atom stereocenters. The number of hydrogen-bond donors (Lipinski definition) is 4. The van der Waals surface area contributed by atoms with Crippen LogP contribution in [0.5, 0.6) is 0 Å². The summed E-state index contributed by atoms with van der Waals surface area (Å²) in [5, 5.41) is 32.3. The zero-order valence-corrected chi connectivity index (χ0v) is 15.1. The number of fused-ring (bicyclic) bond motifs is 2. The molecule has 5 N–H and O–H groups in total. The van der Waals surface area contributed by atoms with Crippen LogP contribution in [-0.2, 0) is 14.4 Å². The number of nitrogens with two attached hydrogens (primary N) is 1. The van der Waals surface area contributed by atoms with Gasteiger partial charge in [-0.1, -0.05) is 37.5 Å². The third kappa shape index (κ3) is 2.58. The normalized spacial score (nSPS) is 33.0. The lowest BCUT2D eigenvalue weighted by atomic mass is 9.59. The predicted molar refractivity (Wildman–Crippen MR) is 101 cm³/mol. The molecule has 0 aromatic rings. The fourth-order valence-corrected chi connectivity index (χ4v) is 4.41. The van der Waals surface area contributed by atoms with Gasteiger partial charge in [0.1, 0.15) is 17.1 Å². The number of aliphatic hydroxyl groups is 3. The maximum absolute atomic E-state index is 13.2. The second kappa shape index (κ2) is 6.76. The topological polar surface area (TPSA) is 138 Å². The number of allylic oxidation sites excluding steroid dienone is 5. The fourth-order valence-electron chi connectivity index (χ4n) is 4.41. The van der Waals surface area contributed by atoms with Gasteiger partial charge >= 0.3 is 0 Å². The van der Waals surface area contributed by atoms with Gasteiger partial charge in [-0.3, -0.25) is 14.4 Å². The van der Waals surface area contributed by atoms with Crippen LogP contribution in [0.1, 0.15) is 19.3 Å². The lowest BCUT2D eigenvalue weighted by molar-refractivity contribution is -0.147. The first-order valence-corrected chi connectivity index (χ1v) is 8.80. The van der Waals surface area contributed by atoms with Crippen molar-refractivity contribution in [3.8, 4) is 0 Å². The third-order valence-electron chi connectivity index (χ3n) is 5.64. The van der Waals surface area contributed by atoms with Crippen LogP contribution < -0.4 is 5.73 Å². The zero-order valence-electron chi connectivity index (χ0n) is 15.1. The van der Waals surface area contributed by atoms with Crippen LogP contribution in [-0.4, -0.2) is 38.4 Å². The van der Waals surface area contributed by atoms with E-state index in [1.807, 2.05) is 0 Å². The number of rotatable bonds is 3. The van der Waals surface area contributed by atoms with Crippen LogP contribution in [0.25, 0.3) is 0 Å². The van der Waals surface area contributed by atoms with E-state index >= 15 is 0 Å². The molecule has 0 aromatic carbocycles. The third-order valence-corrected chi connectivity index (χ3v) is 5.64. The highest BCUT2D eigenvalue weighted by molar-refractivity contribution is 6.22. The van der Waals surface area contributed by atoms with E-state index in [0.717, 1.165) is 5.57 Å². The molecule has 7 nitrogen and oxygen atoms in total. The summed E-state index contributed by atoms with van der Waals surface area (Å²) in [4.78, 5) is 37.0. The highest BCUT2D eigenvalue weighted by Gasteiger charge is 2.60. The van der Waals surface area contributed by atoms with Gasteiger partial charge in [0.15, 0.2) is 11.4 Å². The molecular formula is C21H21NO6. The Morgan fingerprint density at radius 1 is 1.14 bits per heavy atom. The molecule has 1 amide bonds. The summed E-state index contributed by atoms with van der Waals surface area (Å²) < 4.78 is 0. The monoisotopic (exact) mass is 383 g/mol. The number of hydrogen-bond acceptors (Lipinski definition) is 6. The minimum atomic E-state index is -2.48. The summed E-state index contributed by atoms with van der Waals surface area (Å²) in [5.74, 6) is -5.60. The van der Waals surface area contributed by atoms with Crippen molar-refractivity contribution in [2.75, 3.05) is 0 Å². The molecule has 7 heteroatoms. The minimum Gasteiger partial charge on any atom is -0.508 e. The Morgan fingerprint density at radius 3 is 2.36 bits per heavy atom. The van der Waals surface area contributed by atoms with Gasteiger partial charge in [-0.05, 0) is 24.3 Å². The van der Waals surface area contributed by atoms with Gasteiger partial charge in [0.2, 0.25) is 5.78 Å². The Hall–Kier alpha value is -3.19. The van der Waals surface area contributed by atoms with E-state index < -0.39 is 46.2 Å². The first-order valence-electron chi connectivity index (χ1n) is 8.80. The van der Waals surface area contributed by atoms with Crippen LogP contribution in [0.4, 0.5) is 0 Å². The number of amides is 1. The molecule has 0 saturated heterocycles. The van der Waals surface area contributed by atoms with Gasteiger partial charge in [-0.15, -0.1) is 0 Å². The van der Waals surface area contributed by atoms with E-state index in [1.54, 1.807) is 12.2 Å². The number of carbonyl (C=O) groups is 3. The highest BCUT2D eigenvalue weighted by Crippen LogP contribution is 2.51. The quantitative estimate of drug-likeness (QED) is 0.547. The van der Waals surface area contributed by atoms with Crippen LogP contribution in [0.15, 0.2) is 71.3 Å². The number of Topliss-reactive ketones (excluding diaryl/α,β-unsaturated/α-hetero) is 2. The lowest BCUT2D eigenvalue weighted by Gasteiger charge is -2.46. The van der Waals surface area contributed by atoms with Crippen molar-refractivity contribution in [1.29, 1.82) is 0 Å². The average molecular weight is 383 g/mol. The first kappa shape index (κ1) is 19.6. The average Bonchev–Trinajstić information content (AvgIpc) is 2.61. The smallest absolute Gasteiger partial charge is 0.255 e. The SMILES string of the molecule is C=C/C=C1/CC2C[C@H]3CC(=O)C(C(N)=O)=C(O)[C@@]3(O)C(=O)C2=C(O)/C1=C/C=C. The first-order chi connectivity index (χ1) is 13.2. The summed E-state index contributed by atoms with van der Waals surface area (Å²) >= 11 is 0. The summed E-state index contributed by atoms with van der Waals surface area (Å²) in [6, 6.07) is 0. The Bertz CT molecular complexity index is 948. The van der Waals surface area contributed by atoms with Crippen LogP contribution in [0.3, 0.4) is 0 Å². The molecule has 0 heterocycles. The Balaban J connectivity index is 2.23. The van der Waals surface area contributed by atoms with Crippen molar-refractivity contribution in [1.82, 2.24) is 0 Å². The van der Waals surface area contributed by atoms with Crippen molar-refractivity contribution in [3.05, 3.63) is 71.3 Å². The molecule has 3 aliphatic carbocycles. The lowest BCUT2D eigenvalue weighted by Crippen LogP contribution is -2.58. The second-order valence-electron chi connectivity index (χ2n) is 7.15. The molecule has 0 aliphatic heterocycles. The van der Waals surface area contributed by atoms with Crippen molar-refractivity contribution < 1.29 is 29.7 Å². The summed E-state index contributed by atoms with van der Waals surface area (Å²) in [6.45, 7) is 7.26. The largest absolute Gasteiger partial charge is 0.508 e. The van der Waals surface area contributed by atoms with Crippen molar-refractivity contribution in [3.63, 3.8) is 0 Å². The number of ketones is 2. The van der Waals surface area contributed by atoms with Gasteiger partial charge < -0.3 is 21.1 Å². The van der Waals surface area contributed by atoms with Gasteiger partial charge in [0.05, 0.1) is 0 Å². The van der Waals surface area contributed by atoms with Crippen molar-refractivity contribution in [2.24, 2.45) is 17.6 Å². The molecule has 1 fully saturated rings. The highest BCUT2D eigenvalue weighted by atomic mass is 16.3. The second-order valence-corrected chi connectivity index (χ2v) is 7.15. The van der Waals surface area contributed by atoms with Crippen molar-refractivity contribution >= 4 is 17.5 Å². The fraction of sp³-hybridized carbons (Fsp3) is 0.286. The van der Waals surface area contributed by atoms with E-state index in [2.05, 4.69) is 13.2 Å². The molecule has 0 bridgehead atoms. The summed E-state index contributed by atoms with van der Waals surface area (Å²) in [6.07, 6.45) is 6.50. The van der Waals surface area contributed by atoms with Gasteiger partial charge in [-0.2, -0.15) is 0 Å². The number of carbonyl (C=O) groups excluding carboxylic acids is 3. The van der Waals surface area contributed by atoms with Crippen LogP contribution in [0, 0.1) is 11.8 Å². The zero-order chi connectivity index (χ0) is 20.8. The molecule has 0 aromatic heterocycles. The number of aliphatic hydroxyl groups excluding tert-OH is 2. The standard InChI is InChI=1S/C21H21NO6/c1-3-5-10-7-11-8-12-9-14(23)16(20(22)27)19(26)21(12,28)18(25)15(11)17(24)13(10)6-4-2/h3-6,11-12,24,26,28H,1-2,7-9H2,(H2,22,27)/b10-5-,13-6+/t11?,12-,21-/m0/s1. The minimum absolute atomic E-state index is 0.0437. The number of primary amides is 1. The van der Waals surface area contributed by atoms with Crippen LogP contribution >= 0.6 is 0 Å². The van der Waals surface area contributed by atoms with Crippen LogP contribution in [0.2, 0.25) is 0 Å². The molecular weight excluding hydrogens is 362 g/mol. The molecule has 1 saturated carbocycles. The maximum Gasteiger partial charge on any atom is 0.255 e. The summed E-state index contributed by atoms with van der Waals surface area (Å²) in [5.41, 5.74) is 2.96. The van der Waals surface area contributed by atoms with E-state index in [1.165, 1.54) is 12.2 Å². The van der Waals surface area contributed by atoms with E-state index in [4.69, 9.17) is 5.73 Å². The van der Waals surface area contributed by atoms with E-state index in [-0.39, 0.29) is 24.2 Å². The predicted octanol–water partition coefficient (Wildman–Crippen LogP) is 1.63. The molecule has 146 valence electrons. The maximum atomic E-state index is 13.2. The summed E-state index contributed by atoms with van der Waals surface area (Å²) in [7, 11) is 0. The van der Waals surface area contributed by atoms with Gasteiger partial charge in [0.25, 0.3) is 5.91 Å². The molecule has 1 unspecified atom stereocenters. The Morgan fingerprint density at radius 2 is 1.79 bits per heavy atom. The van der Waals surface area contributed by atoms with E-state index in [9.17, 15) is 29.7 Å². The van der Waals surface area contributed by atoms with E-state index in [0.29, 0.717) is 12.0 Å². The molecule has 3 aliphatic rings. The molecule has 28 heavy (non-hydrogen) atoms. The van der Waals surface area contributed by atoms with Gasteiger partial charge in [0, 0.05) is 23.5 Å². The van der Waals surface area contributed by atoms with Crippen molar-refractivity contribution in [2.45, 2.75) is 24.9 Å².